The summed E-state index contributed by atoms with van der Waals surface area (Å²) in [5, 5.41) is 6.84. The Hall–Kier alpha value is -2.94. The number of rotatable bonds is 7. The normalized spacial score (nSPS) is 11.4. The first-order valence-electron chi connectivity index (χ1n) is 8.25. The van der Waals surface area contributed by atoms with Crippen molar-refractivity contribution in [2.24, 2.45) is 0 Å². The van der Waals surface area contributed by atoms with Gasteiger partial charge in [0.15, 0.2) is 10.7 Å². The predicted molar refractivity (Wildman–Crippen MR) is 99.6 cm³/mol. The monoisotopic (exact) mass is 390 g/mol. The molecule has 0 unspecified atom stereocenters. The van der Waals surface area contributed by atoms with Crippen molar-refractivity contribution in [3.63, 3.8) is 0 Å². The van der Waals surface area contributed by atoms with E-state index >= 15 is 0 Å². The molecular formula is C18H19FN4O3S. The number of aryl methyl sites for hydroxylation is 2. The average Bonchev–Trinajstić information content (AvgIpc) is 2.97. The molecule has 0 aliphatic carbocycles. The minimum Gasteiger partial charge on any atom is -0.383 e. The number of sulfonamides is 1. The Morgan fingerprint density at radius 3 is 2.44 bits per heavy atom. The summed E-state index contributed by atoms with van der Waals surface area (Å²) >= 11 is 0. The lowest BCUT2D eigenvalue weighted by molar-refractivity contribution is 0.390. The highest BCUT2D eigenvalue weighted by molar-refractivity contribution is 7.92. The summed E-state index contributed by atoms with van der Waals surface area (Å²) in [5.41, 5.74) is 2.05. The summed E-state index contributed by atoms with van der Waals surface area (Å²) in [6.07, 6.45) is 2.26. The molecule has 2 heterocycles. The highest BCUT2D eigenvalue weighted by Gasteiger charge is 2.24. The van der Waals surface area contributed by atoms with E-state index < -0.39 is 10.0 Å². The first-order valence-corrected chi connectivity index (χ1v) is 9.73. The molecule has 0 radical (unpaired) electrons. The van der Waals surface area contributed by atoms with E-state index in [0.717, 1.165) is 17.7 Å². The minimum absolute atomic E-state index is 0.0193. The van der Waals surface area contributed by atoms with Crippen molar-refractivity contribution in [1.82, 2.24) is 10.1 Å². The van der Waals surface area contributed by atoms with Gasteiger partial charge in [-0.25, -0.2) is 17.8 Å². The van der Waals surface area contributed by atoms with Crippen LogP contribution in [-0.2, 0) is 16.4 Å². The number of benzene rings is 1. The van der Waals surface area contributed by atoms with E-state index in [4.69, 9.17) is 4.52 Å². The molecular weight excluding hydrogens is 371 g/mol. The Kier molecular flexibility index (Phi) is 5.41. The van der Waals surface area contributed by atoms with Gasteiger partial charge in [0, 0.05) is 6.54 Å². The zero-order chi connectivity index (χ0) is 19.4. The maximum Gasteiger partial charge on any atom is 0.268 e. The molecule has 0 aliphatic rings. The van der Waals surface area contributed by atoms with Gasteiger partial charge in [0.05, 0.1) is 11.9 Å². The molecule has 0 atom stereocenters. The van der Waals surface area contributed by atoms with Crippen LogP contribution in [0, 0.1) is 19.7 Å². The zero-order valence-electron chi connectivity index (χ0n) is 14.9. The molecule has 2 N–H and O–H groups in total. The molecule has 1 aromatic carbocycles. The number of hydrogen-bond acceptors (Lipinski definition) is 6. The molecule has 7 nitrogen and oxygen atoms in total. The number of halogens is 1. The fourth-order valence-electron chi connectivity index (χ4n) is 2.61. The first-order chi connectivity index (χ1) is 12.8. The largest absolute Gasteiger partial charge is 0.383 e. The van der Waals surface area contributed by atoms with Crippen LogP contribution in [0.15, 0.2) is 52.0 Å². The van der Waals surface area contributed by atoms with Crippen LogP contribution >= 0.6 is 0 Å². The molecule has 0 fully saturated rings. The lowest BCUT2D eigenvalue weighted by atomic mass is 10.1. The van der Waals surface area contributed by atoms with Gasteiger partial charge in [0.1, 0.15) is 17.3 Å². The van der Waals surface area contributed by atoms with Crippen molar-refractivity contribution >= 4 is 21.5 Å². The van der Waals surface area contributed by atoms with E-state index in [9.17, 15) is 12.8 Å². The molecule has 0 saturated heterocycles. The number of aromatic nitrogens is 2. The molecule has 9 heteroatoms. The highest BCUT2D eigenvalue weighted by Crippen LogP contribution is 2.22. The number of anilines is 2. The Morgan fingerprint density at radius 1 is 1.11 bits per heavy atom. The van der Waals surface area contributed by atoms with Crippen LogP contribution in [-0.4, -0.2) is 25.1 Å². The SMILES string of the molecule is Cc1noc(C)c1S(=O)(=O)Nc1ccc(NCCc2ccc(F)cc2)cn1. The number of hydrogen-bond donors (Lipinski definition) is 2. The van der Waals surface area contributed by atoms with Gasteiger partial charge < -0.3 is 9.84 Å². The Bertz CT molecular complexity index is 996. The summed E-state index contributed by atoms with van der Waals surface area (Å²) in [5.74, 6) is 0.156. The molecule has 3 aromatic rings. The van der Waals surface area contributed by atoms with Crippen LogP contribution in [0.5, 0.6) is 0 Å². The van der Waals surface area contributed by atoms with E-state index in [2.05, 4.69) is 20.2 Å². The van der Waals surface area contributed by atoms with Crippen molar-refractivity contribution in [3.8, 4) is 0 Å². The summed E-state index contributed by atoms with van der Waals surface area (Å²) in [6.45, 7) is 3.74. The van der Waals surface area contributed by atoms with Crippen molar-refractivity contribution in [3.05, 3.63) is 65.4 Å². The smallest absolute Gasteiger partial charge is 0.268 e. The second-order valence-corrected chi connectivity index (χ2v) is 7.61. The van der Waals surface area contributed by atoms with E-state index in [0.29, 0.717) is 12.2 Å². The third-order valence-corrected chi connectivity index (χ3v) is 5.49. The van der Waals surface area contributed by atoms with Gasteiger partial charge in [-0.15, -0.1) is 0 Å². The lowest BCUT2D eigenvalue weighted by Gasteiger charge is -2.09. The third-order valence-electron chi connectivity index (χ3n) is 3.90. The minimum atomic E-state index is -3.82. The second-order valence-electron chi connectivity index (χ2n) is 5.99. The Morgan fingerprint density at radius 2 is 1.85 bits per heavy atom. The summed E-state index contributed by atoms with van der Waals surface area (Å²) in [4.78, 5) is 4.14. The molecule has 0 bridgehead atoms. The van der Waals surface area contributed by atoms with Crippen LogP contribution in [0.25, 0.3) is 0 Å². The van der Waals surface area contributed by atoms with Gasteiger partial charge in [-0.1, -0.05) is 17.3 Å². The topological polar surface area (TPSA) is 97.1 Å². The van der Waals surface area contributed by atoms with Gasteiger partial charge in [-0.05, 0) is 50.1 Å². The fraction of sp³-hybridized carbons (Fsp3) is 0.222. The Labute approximate surface area is 156 Å². The van der Waals surface area contributed by atoms with Crippen LogP contribution < -0.4 is 10.0 Å². The van der Waals surface area contributed by atoms with E-state index in [-0.39, 0.29) is 22.3 Å². The highest BCUT2D eigenvalue weighted by atomic mass is 32.2. The quantitative estimate of drug-likeness (QED) is 0.643. The van der Waals surface area contributed by atoms with Gasteiger partial charge in [-0.3, -0.25) is 4.72 Å². The number of pyridine rings is 1. The summed E-state index contributed by atoms with van der Waals surface area (Å²) in [6, 6.07) is 9.62. The predicted octanol–water partition coefficient (Wildman–Crippen LogP) is 3.28. The standard InChI is InChI=1S/C18H19FN4O3S/c1-12-18(13(2)26-22-12)27(24,25)23-17-8-7-16(11-21-17)20-10-9-14-3-5-15(19)6-4-14/h3-8,11,20H,9-10H2,1-2H3,(H,21,23). The van der Waals surface area contributed by atoms with Crippen LogP contribution in [0.2, 0.25) is 0 Å². The maximum atomic E-state index is 12.9. The van der Waals surface area contributed by atoms with Gasteiger partial charge in [0.2, 0.25) is 0 Å². The second kappa shape index (κ2) is 7.75. The van der Waals surface area contributed by atoms with Crippen molar-refractivity contribution in [2.45, 2.75) is 25.2 Å². The molecule has 27 heavy (non-hydrogen) atoms. The lowest BCUT2D eigenvalue weighted by Crippen LogP contribution is -2.15. The fourth-order valence-corrected chi connectivity index (χ4v) is 3.95. The molecule has 0 amide bonds. The van der Waals surface area contributed by atoms with Gasteiger partial charge in [-0.2, -0.15) is 0 Å². The average molecular weight is 390 g/mol. The first kappa shape index (κ1) is 18.8. The molecule has 2 aromatic heterocycles. The number of nitrogens with zero attached hydrogens (tertiary/aromatic N) is 2. The maximum absolute atomic E-state index is 12.9. The Balaban J connectivity index is 1.59. The molecule has 0 spiro atoms. The summed E-state index contributed by atoms with van der Waals surface area (Å²) < 4.78 is 45.1. The van der Waals surface area contributed by atoms with E-state index in [1.165, 1.54) is 25.3 Å². The van der Waals surface area contributed by atoms with E-state index in [1.807, 2.05) is 0 Å². The third kappa shape index (κ3) is 4.62. The van der Waals surface area contributed by atoms with Crippen molar-refractivity contribution in [2.75, 3.05) is 16.6 Å². The number of nitrogens with one attached hydrogen (secondary N) is 2. The molecule has 0 aliphatic heterocycles. The van der Waals surface area contributed by atoms with Crippen molar-refractivity contribution < 1.29 is 17.3 Å². The van der Waals surface area contributed by atoms with Crippen molar-refractivity contribution in [1.29, 1.82) is 0 Å². The van der Waals surface area contributed by atoms with Gasteiger partial charge >= 0.3 is 0 Å². The van der Waals surface area contributed by atoms with Crippen LogP contribution in [0.3, 0.4) is 0 Å². The molecule has 142 valence electrons. The van der Waals surface area contributed by atoms with Crippen LogP contribution in [0.4, 0.5) is 15.9 Å². The zero-order valence-corrected chi connectivity index (χ0v) is 15.7. The molecule has 3 rings (SSSR count). The summed E-state index contributed by atoms with van der Waals surface area (Å²) in [7, 11) is -3.82. The van der Waals surface area contributed by atoms with Gasteiger partial charge in [0.25, 0.3) is 10.0 Å². The van der Waals surface area contributed by atoms with Crippen LogP contribution in [0.1, 0.15) is 17.0 Å². The molecule has 0 saturated carbocycles. The van der Waals surface area contributed by atoms with E-state index in [1.54, 1.807) is 31.2 Å².